The number of ether oxygens (including phenoxy) is 1. The average Bonchev–Trinajstić information content (AvgIpc) is 3.32. The van der Waals surface area contributed by atoms with Crippen molar-refractivity contribution < 1.29 is 9.53 Å². The summed E-state index contributed by atoms with van der Waals surface area (Å²) in [6.07, 6.45) is 7.39. The number of rotatable bonds is 2. The van der Waals surface area contributed by atoms with Crippen LogP contribution in [0.25, 0.3) is 16.6 Å². The molecule has 0 saturated heterocycles. The maximum Gasteiger partial charge on any atom is 0.414 e. The fourth-order valence-corrected chi connectivity index (χ4v) is 3.39. The van der Waals surface area contributed by atoms with Crippen LogP contribution in [-0.4, -0.2) is 32.9 Å². The van der Waals surface area contributed by atoms with Gasteiger partial charge in [-0.15, -0.1) is 0 Å². The van der Waals surface area contributed by atoms with E-state index < -0.39 is 5.60 Å². The van der Waals surface area contributed by atoms with Crippen LogP contribution in [0.15, 0.2) is 30.5 Å². The van der Waals surface area contributed by atoms with Crippen molar-refractivity contribution >= 4 is 22.7 Å². The highest BCUT2D eigenvalue weighted by atomic mass is 16.6. The summed E-state index contributed by atoms with van der Waals surface area (Å²) < 4.78 is 7.72. The topological polar surface area (TPSA) is 47.4 Å². The Balaban J connectivity index is 1.66. The second-order valence-electron chi connectivity index (χ2n) is 8.64. The Morgan fingerprint density at radius 1 is 1.27 bits per heavy atom. The minimum Gasteiger partial charge on any atom is -0.443 e. The molecule has 1 saturated carbocycles. The van der Waals surface area contributed by atoms with E-state index in [1.54, 1.807) is 4.90 Å². The molecule has 5 nitrogen and oxygen atoms in total. The van der Waals surface area contributed by atoms with Gasteiger partial charge in [0.05, 0.1) is 17.3 Å². The molecule has 1 atom stereocenters. The van der Waals surface area contributed by atoms with Crippen LogP contribution in [0.5, 0.6) is 0 Å². The molecule has 0 bridgehead atoms. The van der Waals surface area contributed by atoms with E-state index in [0.29, 0.717) is 18.5 Å². The predicted octanol–water partition coefficient (Wildman–Crippen LogP) is 4.99. The lowest BCUT2D eigenvalue weighted by Crippen LogP contribution is -2.39. The van der Waals surface area contributed by atoms with Crippen LogP contribution in [-0.2, 0) is 4.74 Å². The van der Waals surface area contributed by atoms with Gasteiger partial charge in [-0.1, -0.05) is 25.1 Å². The summed E-state index contributed by atoms with van der Waals surface area (Å²) in [4.78, 5) is 14.5. The Kier molecular flexibility index (Phi) is 4.05. The normalized spacial score (nSPS) is 21.0. The second-order valence-corrected chi connectivity index (χ2v) is 8.64. The Hall–Kier alpha value is -2.30. The molecule has 0 radical (unpaired) electrons. The van der Waals surface area contributed by atoms with Gasteiger partial charge in [0.2, 0.25) is 0 Å². The lowest BCUT2D eigenvalue weighted by molar-refractivity contribution is 0.0327. The van der Waals surface area contributed by atoms with Crippen molar-refractivity contribution in [3.63, 3.8) is 0 Å². The van der Waals surface area contributed by atoms with Gasteiger partial charge in [0.1, 0.15) is 5.60 Å². The van der Waals surface area contributed by atoms with Gasteiger partial charge in [-0.2, -0.15) is 5.10 Å². The molecule has 2 aliphatic rings. The zero-order valence-electron chi connectivity index (χ0n) is 16.0. The monoisotopic (exact) mass is 353 g/mol. The lowest BCUT2D eigenvalue weighted by atomic mass is 9.98. The molecule has 1 aromatic heterocycles. The van der Waals surface area contributed by atoms with E-state index in [9.17, 15) is 4.79 Å². The summed E-state index contributed by atoms with van der Waals surface area (Å²) >= 11 is 0. The SMILES string of the molecule is C[C@H]1CC=C(c2ccc3cn(C4CC4)nc3c2)N(C(=O)OC(C)(C)C)C1. The molecule has 1 aliphatic carbocycles. The maximum absolute atomic E-state index is 12.8. The van der Waals surface area contributed by atoms with Crippen molar-refractivity contribution in [1.29, 1.82) is 0 Å². The van der Waals surface area contributed by atoms with Crippen molar-refractivity contribution in [3.05, 3.63) is 36.0 Å². The van der Waals surface area contributed by atoms with Gasteiger partial charge in [0.25, 0.3) is 0 Å². The van der Waals surface area contributed by atoms with E-state index in [2.05, 4.69) is 42.1 Å². The van der Waals surface area contributed by atoms with Crippen molar-refractivity contribution in [2.75, 3.05) is 6.54 Å². The van der Waals surface area contributed by atoms with E-state index >= 15 is 0 Å². The zero-order valence-corrected chi connectivity index (χ0v) is 16.0. The highest BCUT2D eigenvalue weighted by Crippen LogP contribution is 2.36. The summed E-state index contributed by atoms with van der Waals surface area (Å²) in [5.74, 6) is 0.420. The quantitative estimate of drug-likeness (QED) is 0.764. The molecule has 2 heterocycles. The van der Waals surface area contributed by atoms with E-state index in [0.717, 1.165) is 28.6 Å². The molecule has 1 aromatic carbocycles. The highest BCUT2D eigenvalue weighted by Gasteiger charge is 2.30. The molecule has 1 amide bonds. The molecule has 0 spiro atoms. The Labute approximate surface area is 154 Å². The number of amides is 1. The fourth-order valence-electron chi connectivity index (χ4n) is 3.39. The largest absolute Gasteiger partial charge is 0.443 e. The molecule has 0 N–H and O–H groups in total. The number of benzene rings is 1. The van der Waals surface area contributed by atoms with Gasteiger partial charge in [0, 0.05) is 23.7 Å². The van der Waals surface area contributed by atoms with Gasteiger partial charge in [-0.05, 0) is 52.0 Å². The van der Waals surface area contributed by atoms with Gasteiger partial charge in [0.15, 0.2) is 0 Å². The number of aromatic nitrogens is 2. The Bertz CT molecular complexity index is 871. The van der Waals surface area contributed by atoms with Gasteiger partial charge < -0.3 is 4.74 Å². The molecule has 138 valence electrons. The minimum atomic E-state index is -0.504. The van der Waals surface area contributed by atoms with Crippen molar-refractivity contribution in [2.45, 2.75) is 58.6 Å². The van der Waals surface area contributed by atoms with Crippen LogP contribution in [0, 0.1) is 5.92 Å². The van der Waals surface area contributed by atoms with Gasteiger partial charge >= 0.3 is 6.09 Å². The van der Waals surface area contributed by atoms with E-state index in [1.807, 2.05) is 20.8 Å². The standard InChI is InChI=1S/C21H27N3O2/c1-14-5-10-19(23(12-14)20(25)26-21(2,3)4)15-6-7-16-13-24(17-8-9-17)22-18(16)11-15/h6-7,10-11,13-14,17H,5,8-9,12H2,1-4H3/t14-/m0/s1. The number of fused-ring (bicyclic) bond motifs is 1. The van der Waals surface area contributed by atoms with E-state index in [-0.39, 0.29) is 6.09 Å². The maximum atomic E-state index is 12.8. The number of carbonyl (C=O) groups excluding carboxylic acids is 1. The van der Waals surface area contributed by atoms with E-state index in [1.165, 1.54) is 12.8 Å². The van der Waals surface area contributed by atoms with Gasteiger partial charge in [-0.25, -0.2) is 4.79 Å². The molecular weight excluding hydrogens is 326 g/mol. The first kappa shape index (κ1) is 17.1. The predicted molar refractivity (Wildman–Crippen MR) is 103 cm³/mol. The third kappa shape index (κ3) is 3.48. The molecule has 4 rings (SSSR count). The summed E-state index contributed by atoms with van der Waals surface area (Å²) in [5, 5.41) is 5.88. The summed E-state index contributed by atoms with van der Waals surface area (Å²) in [7, 11) is 0. The smallest absolute Gasteiger partial charge is 0.414 e. The number of allylic oxidation sites excluding steroid dienone is 1. The molecule has 1 fully saturated rings. The van der Waals surface area contributed by atoms with Crippen LogP contribution in [0.1, 0.15) is 58.6 Å². The van der Waals surface area contributed by atoms with Crippen LogP contribution in [0.2, 0.25) is 0 Å². The highest BCUT2D eigenvalue weighted by molar-refractivity contribution is 5.87. The summed E-state index contributed by atoms with van der Waals surface area (Å²) in [6, 6.07) is 6.84. The molecule has 2 aromatic rings. The summed E-state index contributed by atoms with van der Waals surface area (Å²) in [5.41, 5.74) is 2.44. The number of hydrogen-bond donors (Lipinski definition) is 0. The van der Waals surface area contributed by atoms with Crippen LogP contribution in [0.3, 0.4) is 0 Å². The Morgan fingerprint density at radius 3 is 2.73 bits per heavy atom. The molecule has 0 unspecified atom stereocenters. The van der Waals surface area contributed by atoms with Crippen LogP contribution in [0.4, 0.5) is 4.79 Å². The first-order valence-corrected chi connectivity index (χ1v) is 9.50. The molecular formula is C21H27N3O2. The number of hydrogen-bond acceptors (Lipinski definition) is 3. The van der Waals surface area contributed by atoms with E-state index in [4.69, 9.17) is 9.84 Å². The second kappa shape index (κ2) is 6.15. The van der Waals surface area contributed by atoms with Crippen LogP contribution < -0.4 is 0 Å². The fraction of sp³-hybridized carbons (Fsp3) is 0.524. The first-order chi connectivity index (χ1) is 12.3. The van der Waals surface area contributed by atoms with Crippen LogP contribution >= 0.6 is 0 Å². The molecule has 1 aliphatic heterocycles. The zero-order chi connectivity index (χ0) is 18.5. The third-order valence-electron chi connectivity index (χ3n) is 4.85. The number of carbonyl (C=O) groups is 1. The van der Waals surface area contributed by atoms with Crippen molar-refractivity contribution in [2.24, 2.45) is 5.92 Å². The molecule has 5 heteroatoms. The number of nitrogens with zero attached hydrogens (tertiary/aromatic N) is 3. The first-order valence-electron chi connectivity index (χ1n) is 9.50. The average molecular weight is 353 g/mol. The van der Waals surface area contributed by atoms with Crippen molar-refractivity contribution in [3.8, 4) is 0 Å². The minimum absolute atomic E-state index is 0.279. The lowest BCUT2D eigenvalue weighted by Gasteiger charge is -2.33. The van der Waals surface area contributed by atoms with Gasteiger partial charge in [-0.3, -0.25) is 9.58 Å². The molecule has 26 heavy (non-hydrogen) atoms. The summed E-state index contributed by atoms with van der Waals surface area (Å²) in [6.45, 7) is 8.54. The Morgan fingerprint density at radius 2 is 2.04 bits per heavy atom. The van der Waals surface area contributed by atoms with Crippen molar-refractivity contribution in [1.82, 2.24) is 14.7 Å². The third-order valence-corrected chi connectivity index (χ3v) is 4.85.